The van der Waals surface area contributed by atoms with Crippen molar-refractivity contribution in [3.63, 3.8) is 0 Å². The van der Waals surface area contributed by atoms with E-state index in [2.05, 4.69) is 49.3 Å². The Morgan fingerprint density at radius 2 is 2.00 bits per heavy atom. The van der Waals surface area contributed by atoms with Crippen LogP contribution in [-0.2, 0) is 6.54 Å². The van der Waals surface area contributed by atoms with Crippen LogP contribution in [0.3, 0.4) is 0 Å². The molecular formula is C21H20N6O. The summed E-state index contributed by atoms with van der Waals surface area (Å²) in [5.74, 6) is 1.22. The molecule has 0 spiro atoms. The van der Waals surface area contributed by atoms with Crippen LogP contribution in [0, 0.1) is 0 Å². The maximum Gasteiger partial charge on any atom is 0.244 e. The van der Waals surface area contributed by atoms with Gasteiger partial charge in [-0.3, -0.25) is 9.88 Å². The smallest absolute Gasteiger partial charge is 0.244 e. The molecule has 4 aromatic rings. The highest BCUT2D eigenvalue weighted by molar-refractivity contribution is 5.47. The third-order valence-electron chi connectivity index (χ3n) is 5.11. The molecule has 0 aliphatic carbocycles. The standard InChI is InChI=1S/C21H20N6O/c1-2-10-23-18(4-1)20-24-21(28-25-20)19-5-3-12-26(19)14-16-6-8-17(9-7-16)27-13-11-22-15-27/h1-2,4,6-11,13,15,19H,3,5,12,14H2/t19-/m1/s1. The fraction of sp³-hybridized carbons (Fsp3) is 0.238. The quantitative estimate of drug-likeness (QED) is 0.532. The summed E-state index contributed by atoms with van der Waals surface area (Å²) in [4.78, 5) is 15.4. The number of rotatable bonds is 5. The molecule has 7 heteroatoms. The molecule has 0 bridgehead atoms. The van der Waals surface area contributed by atoms with Crippen LogP contribution in [0.25, 0.3) is 17.2 Å². The van der Waals surface area contributed by atoms with Gasteiger partial charge in [0.15, 0.2) is 0 Å². The molecule has 7 nitrogen and oxygen atoms in total. The largest absolute Gasteiger partial charge is 0.337 e. The van der Waals surface area contributed by atoms with E-state index in [-0.39, 0.29) is 6.04 Å². The van der Waals surface area contributed by atoms with Crippen LogP contribution in [0.5, 0.6) is 0 Å². The second-order valence-electron chi connectivity index (χ2n) is 6.94. The van der Waals surface area contributed by atoms with Gasteiger partial charge in [0.05, 0.1) is 12.4 Å². The molecule has 1 aromatic carbocycles. The Bertz CT molecular complexity index is 1030. The van der Waals surface area contributed by atoms with Crippen LogP contribution in [-0.4, -0.2) is 36.1 Å². The zero-order valence-corrected chi connectivity index (χ0v) is 15.3. The molecule has 0 unspecified atom stereocenters. The van der Waals surface area contributed by atoms with E-state index in [4.69, 9.17) is 4.52 Å². The van der Waals surface area contributed by atoms with Crippen molar-refractivity contribution >= 4 is 0 Å². The van der Waals surface area contributed by atoms with E-state index in [0.717, 1.165) is 37.3 Å². The minimum absolute atomic E-state index is 0.151. The van der Waals surface area contributed by atoms with Gasteiger partial charge in [-0.2, -0.15) is 4.98 Å². The van der Waals surface area contributed by atoms with Gasteiger partial charge in [-0.1, -0.05) is 23.4 Å². The van der Waals surface area contributed by atoms with Crippen LogP contribution >= 0.6 is 0 Å². The predicted molar refractivity (Wildman–Crippen MR) is 103 cm³/mol. The minimum Gasteiger partial charge on any atom is -0.337 e. The summed E-state index contributed by atoms with van der Waals surface area (Å²) >= 11 is 0. The Morgan fingerprint density at radius 3 is 2.79 bits per heavy atom. The van der Waals surface area contributed by atoms with Gasteiger partial charge >= 0.3 is 0 Å². The fourth-order valence-corrected chi connectivity index (χ4v) is 3.68. The lowest BCUT2D eigenvalue weighted by atomic mass is 10.1. The van der Waals surface area contributed by atoms with E-state index < -0.39 is 0 Å². The second-order valence-corrected chi connectivity index (χ2v) is 6.94. The minimum atomic E-state index is 0.151. The number of hydrogen-bond donors (Lipinski definition) is 0. The van der Waals surface area contributed by atoms with Gasteiger partial charge in [0.1, 0.15) is 5.69 Å². The first-order valence-corrected chi connectivity index (χ1v) is 9.43. The van der Waals surface area contributed by atoms with E-state index >= 15 is 0 Å². The molecule has 1 aliphatic heterocycles. The van der Waals surface area contributed by atoms with Crippen LogP contribution in [0.2, 0.25) is 0 Å². The van der Waals surface area contributed by atoms with Gasteiger partial charge in [0.2, 0.25) is 11.7 Å². The third kappa shape index (κ3) is 3.32. The Balaban J connectivity index is 1.31. The summed E-state index contributed by atoms with van der Waals surface area (Å²) in [6.45, 7) is 1.88. The summed E-state index contributed by atoms with van der Waals surface area (Å²) in [6.07, 6.45) is 9.42. The van der Waals surface area contributed by atoms with Crippen LogP contribution < -0.4 is 0 Å². The first-order valence-electron chi connectivity index (χ1n) is 9.43. The first kappa shape index (κ1) is 16.8. The maximum atomic E-state index is 5.59. The number of hydrogen-bond acceptors (Lipinski definition) is 6. The molecule has 1 atom stereocenters. The summed E-state index contributed by atoms with van der Waals surface area (Å²) in [5, 5.41) is 4.13. The van der Waals surface area contributed by atoms with Crippen LogP contribution in [0.15, 0.2) is 71.9 Å². The Labute approximate surface area is 162 Å². The zero-order valence-electron chi connectivity index (χ0n) is 15.3. The first-order chi connectivity index (χ1) is 13.9. The van der Waals surface area contributed by atoms with E-state index in [0.29, 0.717) is 11.7 Å². The molecule has 0 N–H and O–H groups in total. The molecule has 140 valence electrons. The Morgan fingerprint density at radius 1 is 1.07 bits per heavy atom. The highest BCUT2D eigenvalue weighted by atomic mass is 16.5. The van der Waals surface area contributed by atoms with Crippen LogP contribution in [0.1, 0.15) is 30.3 Å². The van der Waals surface area contributed by atoms with Crippen molar-refractivity contribution in [2.75, 3.05) is 6.54 Å². The fourth-order valence-electron chi connectivity index (χ4n) is 3.68. The molecule has 0 amide bonds. The molecule has 1 fully saturated rings. The van der Waals surface area contributed by atoms with Gasteiger partial charge in [-0.15, -0.1) is 0 Å². The molecule has 28 heavy (non-hydrogen) atoms. The van der Waals surface area contributed by atoms with E-state index in [1.807, 2.05) is 29.0 Å². The summed E-state index contributed by atoms with van der Waals surface area (Å²) in [6, 6.07) is 14.4. The molecule has 3 aromatic heterocycles. The van der Waals surface area contributed by atoms with Crippen molar-refractivity contribution in [2.45, 2.75) is 25.4 Å². The Hall–Kier alpha value is -3.32. The van der Waals surface area contributed by atoms with Gasteiger partial charge in [-0.05, 0) is 49.2 Å². The Kier molecular flexibility index (Phi) is 4.42. The molecule has 1 saturated heterocycles. The average Bonchev–Trinajstić information content (AvgIpc) is 3.51. The van der Waals surface area contributed by atoms with E-state index in [1.54, 1.807) is 18.7 Å². The maximum absolute atomic E-state index is 5.59. The van der Waals surface area contributed by atoms with Crippen molar-refractivity contribution < 1.29 is 4.52 Å². The molecular weight excluding hydrogens is 352 g/mol. The molecule has 4 heterocycles. The van der Waals surface area contributed by atoms with Crippen molar-refractivity contribution in [1.82, 2.24) is 29.6 Å². The topological polar surface area (TPSA) is 72.9 Å². The number of likely N-dealkylation sites (tertiary alicyclic amines) is 1. The zero-order chi connectivity index (χ0) is 18.8. The monoisotopic (exact) mass is 372 g/mol. The summed E-state index contributed by atoms with van der Waals surface area (Å²) in [7, 11) is 0. The van der Waals surface area contributed by atoms with Crippen molar-refractivity contribution in [1.29, 1.82) is 0 Å². The SMILES string of the molecule is c1ccc(-c2noc([C@H]3CCCN3Cc3ccc(-n4ccnc4)cc3)n2)nc1. The van der Waals surface area contributed by atoms with Crippen molar-refractivity contribution in [3.05, 3.63) is 78.8 Å². The molecule has 0 radical (unpaired) electrons. The molecule has 5 rings (SSSR count). The van der Waals surface area contributed by atoms with E-state index in [1.165, 1.54) is 5.56 Å². The number of nitrogens with zero attached hydrogens (tertiary/aromatic N) is 6. The van der Waals surface area contributed by atoms with Crippen molar-refractivity contribution in [3.8, 4) is 17.2 Å². The summed E-state index contributed by atoms with van der Waals surface area (Å²) in [5.41, 5.74) is 3.11. The lowest BCUT2D eigenvalue weighted by Gasteiger charge is -2.21. The lowest BCUT2D eigenvalue weighted by Crippen LogP contribution is -2.23. The number of benzene rings is 1. The van der Waals surface area contributed by atoms with E-state index in [9.17, 15) is 0 Å². The molecule has 0 saturated carbocycles. The number of aromatic nitrogens is 5. The third-order valence-corrected chi connectivity index (χ3v) is 5.11. The molecule has 1 aliphatic rings. The lowest BCUT2D eigenvalue weighted by molar-refractivity contribution is 0.201. The van der Waals surface area contributed by atoms with Gasteiger partial charge in [-0.25, -0.2) is 4.98 Å². The summed E-state index contributed by atoms with van der Waals surface area (Å²) < 4.78 is 7.59. The van der Waals surface area contributed by atoms with Gasteiger partial charge < -0.3 is 9.09 Å². The van der Waals surface area contributed by atoms with Crippen molar-refractivity contribution in [2.24, 2.45) is 0 Å². The van der Waals surface area contributed by atoms with Crippen LogP contribution in [0.4, 0.5) is 0 Å². The number of pyridine rings is 1. The average molecular weight is 372 g/mol. The highest BCUT2D eigenvalue weighted by Crippen LogP contribution is 2.33. The normalized spacial score (nSPS) is 17.2. The highest BCUT2D eigenvalue weighted by Gasteiger charge is 2.30. The predicted octanol–water partition coefficient (Wildman–Crippen LogP) is 3.65. The second kappa shape index (κ2) is 7.36. The van der Waals surface area contributed by atoms with Gasteiger partial charge in [0, 0.05) is 30.8 Å². The number of imidazole rings is 1. The van der Waals surface area contributed by atoms with Gasteiger partial charge in [0.25, 0.3) is 0 Å².